The van der Waals surface area contributed by atoms with E-state index in [9.17, 15) is 4.79 Å². The van der Waals surface area contributed by atoms with Crippen LogP contribution in [0.1, 0.15) is 12.5 Å². The van der Waals surface area contributed by atoms with Gasteiger partial charge in [-0.25, -0.2) is 0 Å². The molecule has 0 unspecified atom stereocenters. The molecule has 0 atom stereocenters. The normalized spacial score (nSPS) is 10.3. The Kier molecular flexibility index (Phi) is 8.32. The zero-order chi connectivity index (χ0) is 22.1. The number of hydrogen-bond donors (Lipinski definition) is 3. The number of carbonyl (C=O) groups is 1. The number of benzene rings is 3. The van der Waals surface area contributed by atoms with E-state index in [1.165, 1.54) is 17.3 Å². The van der Waals surface area contributed by atoms with Gasteiger partial charge >= 0.3 is 0 Å². The number of carbonyl (C=O) groups excluding carboxylic acids is 1. The molecule has 7 heteroatoms. The maximum atomic E-state index is 12.3. The second kappa shape index (κ2) is 11.4. The summed E-state index contributed by atoms with van der Waals surface area (Å²) in [5.74, 6) is 1.03. The summed E-state index contributed by atoms with van der Waals surface area (Å²) >= 11 is 6.86. The van der Waals surface area contributed by atoms with E-state index in [-0.39, 0.29) is 5.91 Å². The lowest BCUT2D eigenvalue weighted by Crippen LogP contribution is -2.19. The van der Waals surface area contributed by atoms with Gasteiger partial charge in [-0.3, -0.25) is 4.79 Å². The van der Waals surface area contributed by atoms with Gasteiger partial charge in [-0.15, -0.1) is 11.8 Å². The molecule has 0 radical (unpaired) electrons. The molecule has 0 aliphatic rings. The Morgan fingerprint density at radius 3 is 2.26 bits per heavy atom. The first-order valence-electron chi connectivity index (χ1n) is 9.92. The van der Waals surface area contributed by atoms with Gasteiger partial charge in [0.15, 0.2) is 5.11 Å². The van der Waals surface area contributed by atoms with Gasteiger partial charge in [0.05, 0.1) is 12.4 Å². The lowest BCUT2D eigenvalue weighted by molar-refractivity contribution is -0.113. The molecule has 0 fully saturated rings. The van der Waals surface area contributed by atoms with Crippen LogP contribution < -0.4 is 20.7 Å². The highest BCUT2D eigenvalue weighted by atomic mass is 32.2. The lowest BCUT2D eigenvalue weighted by atomic mass is 10.2. The molecule has 0 saturated heterocycles. The molecular weight excluding hydrogens is 426 g/mol. The molecule has 31 heavy (non-hydrogen) atoms. The van der Waals surface area contributed by atoms with Crippen molar-refractivity contribution < 1.29 is 9.53 Å². The van der Waals surface area contributed by atoms with E-state index in [2.05, 4.69) is 16.0 Å². The van der Waals surface area contributed by atoms with Crippen molar-refractivity contribution in [3.05, 3.63) is 78.4 Å². The third-order valence-corrected chi connectivity index (χ3v) is 5.42. The van der Waals surface area contributed by atoms with Crippen molar-refractivity contribution in [1.29, 1.82) is 0 Å². The maximum Gasteiger partial charge on any atom is 0.234 e. The second-order valence-corrected chi connectivity index (χ2v) is 8.22. The minimum absolute atomic E-state index is 0.0657. The summed E-state index contributed by atoms with van der Waals surface area (Å²) in [4.78, 5) is 13.3. The van der Waals surface area contributed by atoms with E-state index >= 15 is 0 Å². The number of thioether (sulfide) groups is 1. The Bertz CT molecular complexity index is 1020. The fourth-order valence-electron chi connectivity index (χ4n) is 2.74. The summed E-state index contributed by atoms with van der Waals surface area (Å²) in [6, 6.07) is 23.2. The van der Waals surface area contributed by atoms with Crippen molar-refractivity contribution in [3.8, 4) is 5.75 Å². The average molecular weight is 452 g/mol. The molecule has 5 nitrogen and oxygen atoms in total. The molecule has 0 bridgehead atoms. The molecule has 0 heterocycles. The van der Waals surface area contributed by atoms with Crippen molar-refractivity contribution in [3.63, 3.8) is 0 Å². The van der Waals surface area contributed by atoms with Crippen molar-refractivity contribution in [2.24, 2.45) is 0 Å². The number of nitrogens with one attached hydrogen (secondary N) is 3. The Morgan fingerprint density at radius 1 is 0.903 bits per heavy atom. The van der Waals surface area contributed by atoms with Crippen LogP contribution in [-0.2, 0) is 4.79 Å². The summed E-state index contributed by atoms with van der Waals surface area (Å²) < 4.78 is 5.41. The second-order valence-electron chi connectivity index (χ2n) is 6.77. The minimum atomic E-state index is -0.0657. The van der Waals surface area contributed by atoms with Crippen LogP contribution >= 0.6 is 24.0 Å². The number of anilines is 3. The SMILES string of the molecule is CCOc1ccc(NC(=O)CSc2cccc(NC(=S)Nc3ccc(C)cc3)c2)cc1. The van der Waals surface area contributed by atoms with Crippen molar-refractivity contribution in [1.82, 2.24) is 0 Å². The number of aryl methyl sites for hydroxylation is 1. The summed E-state index contributed by atoms with van der Waals surface area (Å²) in [5, 5.41) is 9.76. The van der Waals surface area contributed by atoms with E-state index in [0.29, 0.717) is 17.5 Å². The van der Waals surface area contributed by atoms with Gasteiger partial charge < -0.3 is 20.7 Å². The molecule has 0 aliphatic carbocycles. The Balaban J connectivity index is 1.48. The smallest absolute Gasteiger partial charge is 0.234 e. The number of hydrogen-bond acceptors (Lipinski definition) is 4. The van der Waals surface area contributed by atoms with Crippen molar-refractivity contribution in [2.75, 3.05) is 28.3 Å². The standard InChI is InChI=1S/C24H25N3O2S2/c1-3-29-21-13-11-18(12-14-21)25-23(28)16-31-22-6-4-5-20(15-22)27-24(30)26-19-9-7-17(2)8-10-19/h4-15H,3,16H2,1-2H3,(H,25,28)(H2,26,27,30). The Hall–Kier alpha value is -3.03. The van der Waals surface area contributed by atoms with Crippen LogP contribution in [0.2, 0.25) is 0 Å². The number of rotatable bonds is 8. The molecule has 3 aromatic rings. The van der Waals surface area contributed by atoms with Gasteiger partial charge in [0, 0.05) is 22.0 Å². The van der Waals surface area contributed by atoms with Gasteiger partial charge in [0.1, 0.15) is 5.75 Å². The molecule has 0 aliphatic heterocycles. The fraction of sp³-hybridized carbons (Fsp3) is 0.167. The van der Waals surface area contributed by atoms with Gasteiger partial charge in [0.25, 0.3) is 0 Å². The van der Waals surface area contributed by atoms with E-state index in [0.717, 1.165) is 27.7 Å². The average Bonchev–Trinajstić information content (AvgIpc) is 2.76. The summed E-state index contributed by atoms with van der Waals surface area (Å²) in [7, 11) is 0. The highest BCUT2D eigenvalue weighted by Gasteiger charge is 2.06. The van der Waals surface area contributed by atoms with Gasteiger partial charge in [-0.2, -0.15) is 0 Å². The predicted octanol–water partition coefficient (Wildman–Crippen LogP) is 5.93. The van der Waals surface area contributed by atoms with E-state index in [1.807, 2.05) is 86.6 Å². The van der Waals surface area contributed by atoms with Gasteiger partial charge in [-0.05, 0) is 80.7 Å². The third kappa shape index (κ3) is 7.62. The first-order chi connectivity index (χ1) is 15.0. The van der Waals surface area contributed by atoms with Crippen LogP contribution in [0.3, 0.4) is 0 Å². The number of amides is 1. The molecule has 3 aromatic carbocycles. The topological polar surface area (TPSA) is 62.4 Å². The largest absolute Gasteiger partial charge is 0.494 e. The quantitative estimate of drug-likeness (QED) is 0.291. The van der Waals surface area contributed by atoms with Gasteiger partial charge in [0.2, 0.25) is 5.91 Å². The Morgan fingerprint density at radius 2 is 1.55 bits per heavy atom. The molecule has 160 valence electrons. The van der Waals surface area contributed by atoms with Crippen LogP contribution in [0, 0.1) is 6.92 Å². The third-order valence-electron chi connectivity index (χ3n) is 4.22. The van der Waals surface area contributed by atoms with E-state index in [1.54, 1.807) is 0 Å². The Labute approximate surface area is 192 Å². The monoisotopic (exact) mass is 451 g/mol. The van der Waals surface area contributed by atoms with Crippen LogP contribution in [0.4, 0.5) is 17.1 Å². The number of ether oxygens (including phenoxy) is 1. The van der Waals surface area contributed by atoms with Crippen molar-refractivity contribution in [2.45, 2.75) is 18.7 Å². The zero-order valence-corrected chi connectivity index (χ0v) is 19.1. The molecule has 0 saturated carbocycles. The van der Waals surface area contributed by atoms with Crippen LogP contribution in [-0.4, -0.2) is 23.4 Å². The van der Waals surface area contributed by atoms with E-state index < -0.39 is 0 Å². The highest BCUT2D eigenvalue weighted by Crippen LogP contribution is 2.23. The van der Waals surface area contributed by atoms with Gasteiger partial charge in [-0.1, -0.05) is 23.8 Å². The number of thiocarbonyl (C=S) groups is 1. The fourth-order valence-corrected chi connectivity index (χ4v) is 3.73. The first kappa shape index (κ1) is 22.7. The maximum absolute atomic E-state index is 12.3. The predicted molar refractivity (Wildman–Crippen MR) is 134 cm³/mol. The molecule has 0 spiro atoms. The highest BCUT2D eigenvalue weighted by molar-refractivity contribution is 8.00. The minimum Gasteiger partial charge on any atom is -0.494 e. The molecule has 3 N–H and O–H groups in total. The van der Waals surface area contributed by atoms with E-state index in [4.69, 9.17) is 17.0 Å². The van der Waals surface area contributed by atoms with Crippen molar-refractivity contribution >= 4 is 52.1 Å². The van der Waals surface area contributed by atoms with Crippen LogP contribution in [0.25, 0.3) is 0 Å². The lowest BCUT2D eigenvalue weighted by Gasteiger charge is -2.12. The molecule has 0 aromatic heterocycles. The first-order valence-corrected chi connectivity index (χ1v) is 11.3. The molecular formula is C24H25N3O2S2. The van der Waals surface area contributed by atoms with Crippen LogP contribution in [0.15, 0.2) is 77.7 Å². The molecule has 1 amide bonds. The van der Waals surface area contributed by atoms with Crippen LogP contribution in [0.5, 0.6) is 5.75 Å². The summed E-state index contributed by atoms with van der Waals surface area (Å²) in [6.07, 6.45) is 0. The molecule has 3 rings (SSSR count). The summed E-state index contributed by atoms with van der Waals surface area (Å²) in [5.41, 5.74) is 3.74. The summed E-state index contributed by atoms with van der Waals surface area (Å²) in [6.45, 7) is 4.59. The zero-order valence-electron chi connectivity index (χ0n) is 17.5.